The van der Waals surface area contributed by atoms with Gasteiger partial charge in [0.1, 0.15) is 5.04 Å². The number of aliphatic hydroxyl groups is 1. The molecule has 2 rings (SSSR count). The Kier molecular flexibility index (Phi) is 5.74. The summed E-state index contributed by atoms with van der Waals surface area (Å²) < 4.78 is 106. The van der Waals surface area contributed by atoms with Crippen molar-refractivity contribution in [2.24, 2.45) is 10.9 Å². The van der Waals surface area contributed by atoms with Gasteiger partial charge in [-0.1, -0.05) is 26.0 Å². The van der Waals surface area contributed by atoms with E-state index < -0.39 is 59.1 Å². The van der Waals surface area contributed by atoms with E-state index in [9.17, 15) is 39.9 Å². The molecule has 4 nitrogen and oxygen atoms in total. The third kappa shape index (κ3) is 3.45. The van der Waals surface area contributed by atoms with E-state index in [-0.39, 0.29) is 10.5 Å². The van der Waals surface area contributed by atoms with Crippen molar-refractivity contribution < 1.29 is 39.9 Å². The molecule has 0 saturated carbocycles. The monoisotopic (exact) mass is 449 g/mol. The van der Waals surface area contributed by atoms with Gasteiger partial charge in [-0.15, -0.1) is 0 Å². The van der Waals surface area contributed by atoms with Gasteiger partial charge in [-0.3, -0.25) is 0 Å². The molecule has 0 unspecified atom stereocenters. The first kappa shape index (κ1) is 22.8. The Hall–Kier alpha value is -1.53. The van der Waals surface area contributed by atoms with E-state index in [2.05, 4.69) is 4.99 Å². The lowest BCUT2D eigenvalue weighted by Crippen LogP contribution is -2.40. The number of alkyl halides is 6. The molecule has 12 heteroatoms. The first-order valence-corrected chi connectivity index (χ1v) is 11.3. The molecule has 0 amide bonds. The average Bonchev–Trinajstić information content (AvgIpc) is 2.90. The molecule has 0 fully saturated rings. The SMILES string of the molecule is CC(C)C1=C(c2ccc(S(C)(=O)=O)cc2)N=C(CO)S1(C(F)(F)F)C(F)(F)F. The topological polar surface area (TPSA) is 66.7 Å². The first-order valence-electron chi connectivity index (χ1n) is 7.78. The molecule has 1 aliphatic heterocycles. The second-order valence-corrected chi connectivity index (χ2v) is 11.4. The smallest absolute Gasteiger partial charge is 0.390 e. The number of aliphatic hydroxyl groups excluding tert-OH is 1. The van der Waals surface area contributed by atoms with Crippen LogP contribution in [0.4, 0.5) is 26.3 Å². The van der Waals surface area contributed by atoms with Crippen molar-refractivity contribution in [2.45, 2.75) is 29.8 Å². The van der Waals surface area contributed by atoms with Gasteiger partial charge in [-0.25, -0.2) is 13.4 Å². The number of halogens is 6. The molecule has 0 spiro atoms. The maximum atomic E-state index is 13.9. The molecular formula is C16H17F6NO3S2. The van der Waals surface area contributed by atoms with Crippen molar-refractivity contribution in [3.05, 3.63) is 34.7 Å². The van der Waals surface area contributed by atoms with E-state index in [0.717, 1.165) is 30.5 Å². The number of hydrogen-bond donors (Lipinski definition) is 1. The Balaban J connectivity index is 2.88. The average molecular weight is 449 g/mol. The van der Waals surface area contributed by atoms with Crippen LogP contribution in [0.15, 0.2) is 39.1 Å². The summed E-state index contributed by atoms with van der Waals surface area (Å²) in [6.45, 7) is 0.875. The molecule has 0 aromatic heterocycles. The minimum atomic E-state index is -5.71. The van der Waals surface area contributed by atoms with Crippen LogP contribution in [0.25, 0.3) is 5.70 Å². The Morgan fingerprint density at radius 2 is 1.50 bits per heavy atom. The zero-order valence-corrected chi connectivity index (χ0v) is 16.5. The lowest BCUT2D eigenvalue weighted by atomic mass is 10.1. The summed E-state index contributed by atoms with van der Waals surface area (Å²) in [7, 11) is -9.20. The Morgan fingerprint density at radius 3 is 1.82 bits per heavy atom. The van der Waals surface area contributed by atoms with Gasteiger partial charge in [0.15, 0.2) is 9.84 Å². The van der Waals surface area contributed by atoms with Crippen molar-refractivity contribution in [1.29, 1.82) is 0 Å². The molecule has 1 aromatic carbocycles. The predicted molar refractivity (Wildman–Crippen MR) is 95.5 cm³/mol. The summed E-state index contributed by atoms with van der Waals surface area (Å²) in [5.74, 6) is -1.18. The van der Waals surface area contributed by atoms with E-state index in [4.69, 9.17) is 0 Å². The van der Waals surface area contributed by atoms with Crippen molar-refractivity contribution >= 4 is 30.6 Å². The van der Waals surface area contributed by atoms with Crippen LogP contribution in [0.3, 0.4) is 0 Å². The minimum absolute atomic E-state index is 0.0927. The van der Waals surface area contributed by atoms with Crippen LogP contribution >= 0.6 is 10.0 Å². The molecule has 28 heavy (non-hydrogen) atoms. The summed E-state index contributed by atoms with van der Waals surface area (Å²) in [4.78, 5) is 2.46. The lowest BCUT2D eigenvalue weighted by Gasteiger charge is -2.42. The zero-order valence-electron chi connectivity index (χ0n) is 14.9. The minimum Gasteiger partial charge on any atom is -0.390 e. The molecule has 0 saturated heterocycles. The summed E-state index contributed by atoms with van der Waals surface area (Å²) in [5, 5.41) is 7.95. The van der Waals surface area contributed by atoms with E-state index in [1.54, 1.807) is 0 Å². The van der Waals surface area contributed by atoms with E-state index in [0.29, 0.717) is 0 Å². The number of hydrogen-bond acceptors (Lipinski definition) is 4. The van der Waals surface area contributed by atoms with Crippen LogP contribution in [0.5, 0.6) is 0 Å². The highest BCUT2D eigenvalue weighted by molar-refractivity contribution is 8.49. The standard InChI is InChI=1S/C16H17F6NO3S2/c1-9(2)14-13(10-4-6-11(7-5-10)27(3,25)26)23-12(8-24)28(14,15(17,18)19)16(20,21)22/h4-7,9,24H,8H2,1-3H3. The van der Waals surface area contributed by atoms with Gasteiger partial charge in [-0.2, -0.15) is 26.3 Å². The van der Waals surface area contributed by atoms with Crippen molar-refractivity contribution in [3.63, 3.8) is 0 Å². The molecular weight excluding hydrogens is 432 g/mol. The van der Waals surface area contributed by atoms with Crippen LogP contribution in [0, 0.1) is 5.92 Å². The fourth-order valence-corrected chi connectivity index (χ4v) is 6.76. The highest BCUT2D eigenvalue weighted by atomic mass is 32.3. The molecule has 0 bridgehead atoms. The van der Waals surface area contributed by atoms with Crippen molar-refractivity contribution in [3.8, 4) is 0 Å². The molecule has 0 aliphatic carbocycles. The van der Waals surface area contributed by atoms with Crippen molar-refractivity contribution in [1.82, 2.24) is 0 Å². The van der Waals surface area contributed by atoms with Gasteiger partial charge in [-0.05, 0) is 18.1 Å². The normalized spacial score (nSPS) is 19.2. The number of aliphatic imine (C=N–C) groups is 1. The molecule has 0 atom stereocenters. The maximum absolute atomic E-state index is 13.9. The summed E-state index contributed by atoms with van der Waals surface area (Å²) in [6.07, 6.45) is 0.918. The predicted octanol–water partition coefficient (Wildman–Crippen LogP) is 4.66. The van der Waals surface area contributed by atoms with E-state index in [1.165, 1.54) is 13.8 Å². The maximum Gasteiger partial charge on any atom is 0.441 e. The Bertz CT molecular complexity index is 915. The highest BCUT2D eigenvalue weighted by Gasteiger charge is 2.73. The Labute approximate surface area is 159 Å². The largest absolute Gasteiger partial charge is 0.441 e. The lowest BCUT2D eigenvalue weighted by molar-refractivity contribution is -0.0763. The van der Waals surface area contributed by atoms with Crippen molar-refractivity contribution in [2.75, 3.05) is 12.9 Å². The quantitative estimate of drug-likeness (QED) is 0.680. The van der Waals surface area contributed by atoms with Gasteiger partial charge in [0.2, 0.25) is 0 Å². The number of benzene rings is 1. The van der Waals surface area contributed by atoms with Gasteiger partial charge in [0, 0.05) is 26.8 Å². The van der Waals surface area contributed by atoms with Gasteiger partial charge >= 0.3 is 11.0 Å². The fourth-order valence-electron chi connectivity index (χ4n) is 2.99. The fraction of sp³-hybridized carbons (Fsp3) is 0.438. The number of nitrogens with zero attached hydrogens (tertiary/aromatic N) is 1. The molecule has 1 heterocycles. The summed E-state index contributed by atoms with van der Waals surface area (Å²) in [5.41, 5.74) is -12.0. The van der Waals surface area contributed by atoms with E-state index in [1.807, 2.05) is 0 Å². The summed E-state index contributed by atoms with van der Waals surface area (Å²) >= 11 is 0. The van der Waals surface area contributed by atoms with E-state index >= 15 is 0 Å². The van der Waals surface area contributed by atoms with Crippen LogP contribution in [-0.4, -0.2) is 42.4 Å². The zero-order chi connectivity index (χ0) is 21.7. The third-order valence-electron chi connectivity index (χ3n) is 4.06. The van der Waals surface area contributed by atoms with Gasteiger partial charge < -0.3 is 5.11 Å². The summed E-state index contributed by atoms with van der Waals surface area (Å²) in [6, 6.07) is 4.38. The van der Waals surface area contributed by atoms with Gasteiger partial charge in [0.05, 0.1) is 17.2 Å². The Morgan fingerprint density at radius 1 is 1.04 bits per heavy atom. The number of allylic oxidation sites excluding steroid dienone is 1. The highest BCUT2D eigenvalue weighted by Crippen LogP contribution is 2.81. The molecule has 1 N–H and O–H groups in total. The van der Waals surface area contributed by atoms with Gasteiger partial charge in [0.25, 0.3) is 0 Å². The number of sulfone groups is 1. The van der Waals surface area contributed by atoms with Crippen LogP contribution in [0.1, 0.15) is 19.4 Å². The number of rotatable bonds is 4. The molecule has 0 radical (unpaired) electrons. The van der Waals surface area contributed by atoms with Crippen LogP contribution in [0.2, 0.25) is 0 Å². The molecule has 1 aliphatic rings. The molecule has 1 aromatic rings. The third-order valence-corrected chi connectivity index (χ3v) is 8.83. The molecule has 158 valence electrons. The van der Waals surface area contributed by atoms with Crippen LogP contribution in [-0.2, 0) is 9.84 Å². The first-order chi connectivity index (χ1) is 12.6. The second-order valence-electron chi connectivity index (χ2n) is 6.33. The van der Waals surface area contributed by atoms with Crippen LogP contribution < -0.4 is 0 Å². The second kappa shape index (κ2) is 7.06.